The molecular weight excluding hydrogens is 830 g/mol. The molecule has 334 valence electrons. The van der Waals surface area contributed by atoms with Crippen molar-refractivity contribution in [1.29, 1.82) is 0 Å². The Morgan fingerprint density at radius 3 is 1.47 bits per heavy atom. The number of rotatable bonds is 17. The van der Waals surface area contributed by atoms with Crippen LogP contribution in [-0.4, -0.2) is 64.0 Å². The molecule has 0 aliphatic carbocycles. The van der Waals surface area contributed by atoms with Crippen LogP contribution in [0, 0.1) is 5.82 Å². The molecule has 10 heteroatoms. The van der Waals surface area contributed by atoms with Crippen molar-refractivity contribution in [3.8, 4) is 11.3 Å². The van der Waals surface area contributed by atoms with E-state index in [0.29, 0.717) is 11.6 Å². The minimum absolute atomic E-state index is 0.00478. The van der Waals surface area contributed by atoms with Crippen LogP contribution >= 0.6 is 0 Å². The van der Waals surface area contributed by atoms with Crippen LogP contribution < -0.4 is 25.6 Å². The lowest BCUT2D eigenvalue weighted by Gasteiger charge is -2.47. The van der Waals surface area contributed by atoms with Crippen molar-refractivity contribution in [2.24, 2.45) is 0 Å². The predicted octanol–water partition coefficient (Wildman–Crippen LogP) is 10.2. The largest absolute Gasteiger partial charge is 0.481 e. The Balaban J connectivity index is 1.63. The molecule has 1 N–H and O–H groups in total. The number of aromatic nitrogens is 2. The zero-order chi connectivity index (χ0) is 46.3. The molecule has 64 heavy (non-hydrogen) atoms. The lowest BCUT2D eigenvalue weighted by molar-refractivity contribution is -0.139. The second-order valence-electron chi connectivity index (χ2n) is 19.1. The first-order valence-electron chi connectivity index (χ1n) is 22.2. The van der Waals surface area contributed by atoms with Crippen LogP contribution in [0.15, 0.2) is 152 Å². The van der Waals surface area contributed by atoms with E-state index in [-0.39, 0.29) is 29.6 Å². The van der Waals surface area contributed by atoms with Gasteiger partial charge >= 0.3 is 5.97 Å². The molecule has 0 unspecified atom stereocenters. The van der Waals surface area contributed by atoms with Gasteiger partial charge in [-0.2, -0.15) is 0 Å². The lowest BCUT2D eigenvalue weighted by Crippen LogP contribution is -2.69. The van der Waals surface area contributed by atoms with Crippen molar-refractivity contribution in [2.45, 2.75) is 96.4 Å². The van der Waals surface area contributed by atoms with Crippen LogP contribution in [-0.2, 0) is 13.6 Å². The second-order valence-corrected chi connectivity index (χ2v) is 27.6. The minimum Gasteiger partial charge on any atom is -0.481 e. The maximum absolute atomic E-state index is 14.4. The van der Waals surface area contributed by atoms with Gasteiger partial charge in [-0.3, -0.25) is 4.79 Å². The normalized spacial score (nSPS) is 13.6. The molecule has 0 spiro atoms. The van der Waals surface area contributed by atoms with E-state index in [1.165, 1.54) is 12.1 Å². The Bertz CT molecular complexity index is 2390. The van der Waals surface area contributed by atoms with Crippen LogP contribution in [0.5, 0.6) is 0 Å². The smallest absolute Gasteiger partial charge is 0.305 e. The third kappa shape index (κ3) is 10.4. The van der Waals surface area contributed by atoms with Gasteiger partial charge in [-0.15, -0.1) is 0 Å². The van der Waals surface area contributed by atoms with Gasteiger partial charge in [0, 0.05) is 31.6 Å². The zero-order valence-electron chi connectivity index (χ0n) is 39.0. The Hall–Kier alpha value is -5.53. The van der Waals surface area contributed by atoms with Gasteiger partial charge in [0.1, 0.15) is 5.82 Å². The lowest BCUT2D eigenvalue weighted by atomic mass is 9.97. The van der Waals surface area contributed by atoms with Crippen molar-refractivity contribution in [3.05, 3.63) is 169 Å². The van der Waals surface area contributed by atoms with Gasteiger partial charge in [-0.25, -0.2) is 14.4 Å². The van der Waals surface area contributed by atoms with E-state index in [0.717, 1.165) is 37.6 Å². The van der Waals surface area contributed by atoms with Gasteiger partial charge in [0.2, 0.25) is 5.95 Å². The number of hydrogen-bond acceptors (Lipinski definition) is 6. The van der Waals surface area contributed by atoms with Crippen LogP contribution in [0.3, 0.4) is 0 Å². The Labute approximate surface area is 382 Å². The quantitative estimate of drug-likeness (QED) is 0.0913. The van der Waals surface area contributed by atoms with Crippen LogP contribution in [0.2, 0.25) is 10.1 Å². The van der Waals surface area contributed by atoms with E-state index < -0.39 is 39.9 Å². The summed E-state index contributed by atoms with van der Waals surface area (Å²) in [7, 11) is -2.67. The number of carboxylic acid groups (broad SMARTS) is 1. The summed E-state index contributed by atoms with van der Waals surface area (Å²) in [5.41, 5.74) is 3.01. The van der Waals surface area contributed by atoms with Gasteiger partial charge in [0.25, 0.3) is 16.6 Å². The SMILES string of the molecule is CC(C)c1nc(N(C)C)nc(-c2ccc(F)cc2)c1/C=C/[C@H](C[C@H](CC(=O)O)O[Si](c1ccccc1)(c1ccccc1)C(C)(C)C)O[Si](c1ccccc1)(c1ccccc1)C(C)(C)C. The first kappa shape index (κ1) is 47.9. The Kier molecular flexibility index (Phi) is 15.1. The number of benzene rings is 5. The third-order valence-electron chi connectivity index (χ3n) is 11.9. The van der Waals surface area contributed by atoms with E-state index in [4.69, 9.17) is 18.8 Å². The monoisotopic (exact) mass is 893 g/mol. The summed E-state index contributed by atoms with van der Waals surface area (Å²) >= 11 is 0. The molecule has 0 bridgehead atoms. The fraction of sp³-hybridized carbons (Fsp3) is 0.315. The zero-order valence-corrected chi connectivity index (χ0v) is 41.0. The predicted molar refractivity (Wildman–Crippen MR) is 267 cm³/mol. The van der Waals surface area contributed by atoms with Crippen molar-refractivity contribution in [2.75, 3.05) is 19.0 Å². The first-order chi connectivity index (χ1) is 30.4. The standard InChI is InChI=1S/C54H64FN3O4Si2/c1-39(2)50-48(51(57-52(56-50)58(9)10)40-31-33-41(55)34-32-40)36-35-42(61-63(53(3,4)5,44-23-15-11-16-24-44)45-25-17-12-18-26-45)37-43(38-49(59)60)62-64(54(6,7)8,46-27-19-13-20-28-46)47-29-21-14-22-30-47/h11-36,39,42-43H,37-38H2,1-10H3,(H,59,60)/b36-35+/t42-,43-/m1/s1. The number of carbonyl (C=O) groups is 1. The molecule has 6 rings (SSSR count). The molecule has 7 nitrogen and oxygen atoms in total. The van der Waals surface area contributed by atoms with E-state index in [1.807, 2.05) is 73.6 Å². The molecule has 1 aromatic heterocycles. The maximum atomic E-state index is 14.4. The number of carboxylic acids is 1. The molecule has 0 radical (unpaired) electrons. The molecular formula is C54H64FN3O4Si2. The summed E-state index contributed by atoms with van der Waals surface area (Å²) in [6, 6.07) is 48.0. The van der Waals surface area contributed by atoms with E-state index in [9.17, 15) is 14.3 Å². The fourth-order valence-electron chi connectivity index (χ4n) is 8.96. The number of aliphatic carboxylic acids is 1. The Morgan fingerprint density at radius 1 is 0.672 bits per heavy atom. The average Bonchev–Trinajstić information content (AvgIpc) is 3.26. The van der Waals surface area contributed by atoms with Gasteiger partial charge in [-0.05, 0) is 61.0 Å². The maximum Gasteiger partial charge on any atom is 0.305 e. The summed E-state index contributed by atoms with van der Waals surface area (Å²) in [5, 5.41) is 14.3. The summed E-state index contributed by atoms with van der Waals surface area (Å²) in [6.07, 6.45) is 2.66. The topological polar surface area (TPSA) is 84.8 Å². The molecule has 0 fully saturated rings. The second kappa shape index (κ2) is 20.1. The third-order valence-corrected chi connectivity index (χ3v) is 22.1. The fourth-order valence-corrected chi connectivity index (χ4v) is 18.3. The number of hydrogen-bond donors (Lipinski definition) is 1. The molecule has 0 aliphatic heterocycles. The molecule has 0 amide bonds. The van der Waals surface area contributed by atoms with Crippen LogP contribution in [0.25, 0.3) is 17.3 Å². The molecule has 0 saturated carbocycles. The van der Waals surface area contributed by atoms with Gasteiger partial charge < -0.3 is 18.9 Å². The summed E-state index contributed by atoms with van der Waals surface area (Å²) in [6.45, 7) is 17.5. The number of nitrogens with zero attached hydrogens (tertiary/aromatic N) is 3. The molecule has 6 aromatic rings. The highest BCUT2D eigenvalue weighted by molar-refractivity contribution is 7.00. The van der Waals surface area contributed by atoms with E-state index in [1.54, 1.807) is 12.1 Å². The minimum atomic E-state index is -3.25. The van der Waals surface area contributed by atoms with Crippen molar-refractivity contribution in [3.63, 3.8) is 0 Å². The van der Waals surface area contributed by atoms with Crippen LogP contribution in [0.4, 0.5) is 10.3 Å². The van der Waals surface area contributed by atoms with Gasteiger partial charge in [-0.1, -0.05) is 189 Å². The van der Waals surface area contributed by atoms with E-state index >= 15 is 0 Å². The summed E-state index contributed by atoms with van der Waals surface area (Å²) in [5.74, 6) is -0.754. The van der Waals surface area contributed by atoms with Gasteiger partial charge in [0.05, 0.1) is 30.0 Å². The number of halogens is 1. The molecule has 0 saturated heterocycles. The van der Waals surface area contributed by atoms with E-state index in [2.05, 4.69) is 134 Å². The molecule has 1 heterocycles. The van der Waals surface area contributed by atoms with Crippen LogP contribution in [0.1, 0.15) is 85.4 Å². The first-order valence-corrected chi connectivity index (χ1v) is 26.0. The van der Waals surface area contributed by atoms with Crippen molar-refractivity contribution in [1.82, 2.24) is 9.97 Å². The summed E-state index contributed by atoms with van der Waals surface area (Å²) in [4.78, 5) is 25.1. The molecule has 0 aliphatic rings. The van der Waals surface area contributed by atoms with Gasteiger partial charge in [0.15, 0.2) is 0 Å². The Morgan fingerprint density at radius 2 is 1.09 bits per heavy atom. The highest BCUT2D eigenvalue weighted by Crippen LogP contribution is 2.41. The number of anilines is 1. The van der Waals surface area contributed by atoms with Crippen molar-refractivity contribution >= 4 is 55.4 Å². The highest BCUT2D eigenvalue weighted by Gasteiger charge is 2.54. The summed E-state index contributed by atoms with van der Waals surface area (Å²) < 4.78 is 30.0. The van der Waals surface area contributed by atoms with Crippen molar-refractivity contribution < 1.29 is 23.1 Å². The average molecular weight is 894 g/mol. The molecule has 5 aromatic carbocycles. The molecule has 2 atom stereocenters. The highest BCUT2D eigenvalue weighted by atomic mass is 28.4.